The van der Waals surface area contributed by atoms with E-state index in [2.05, 4.69) is 40.6 Å². The highest BCUT2D eigenvalue weighted by Gasteiger charge is 2.56. The van der Waals surface area contributed by atoms with Gasteiger partial charge in [0.1, 0.15) is 12.2 Å². The molecule has 2 aliphatic rings. The third-order valence-corrected chi connectivity index (χ3v) is 4.94. The number of piperidine rings is 1. The monoisotopic (exact) mass is 307 g/mol. The van der Waals surface area contributed by atoms with Gasteiger partial charge in [-0.05, 0) is 38.6 Å². The van der Waals surface area contributed by atoms with Crippen molar-refractivity contribution in [2.75, 3.05) is 33.8 Å². The fourth-order valence-corrected chi connectivity index (χ4v) is 3.68. The predicted octanol–water partition coefficient (Wildman–Crippen LogP) is 1.23. The molecule has 22 heavy (non-hydrogen) atoms. The second-order valence-electron chi connectivity index (χ2n) is 6.81. The zero-order valence-electron chi connectivity index (χ0n) is 13.8. The number of ether oxygens (including phenoxy) is 1. The summed E-state index contributed by atoms with van der Waals surface area (Å²) in [4.78, 5) is 15.6. The molecule has 3 rings (SSSR count). The van der Waals surface area contributed by atoms with Crippen LogP contribution >= 0.6 is 0 Å². The van der Waals surface area contributed by atoms with Gasteiger partial charge in [0.05, 0.1) is 13.7 Å². The van der Waals surface area contributed by atoms with Crippen molar-refractivity contribution in [1.29, 1.82) is 0 Å². The van der Waals surface area contributed by atoms with E-state index in [0.29, 0.717) is 23.8 Å². The first-order valence-electron chi connectivity index (χ1n) is 7.91. The molecule has 1 aromatic rings. The molecular weight excluding hydrogens is 282 g/mol. The van der Waals surface area contributed by atoms with Crippen molar-refractivity contribution in [3.63, 3.8) is 0 Å². The van der Waals surface area contributed by atoms with Crippen molar-refractivity contribution in [2.45, 2.75) is 26.4 Å². The van der Waals surface area contributed by atoms with E-state index in [4.69, 9.17) is 4.74 Å². The normalized spacial score (nSPS) is 26.6. The number of hydrogen-bond donors (Lipinski definition) is 0. The van der Waals surface area contributed by atoms with Crippen LogP contribution in [0.1, 0.15) is 25.7 Å². The third kappa shape index (κ3) is 2.82. The Morgan fingerprint density at radius 3 is 2.73 bits per heavy atom. The molecule has 0 radical (unpaired) electrons. The Morgan fingerprint density at radius 1 is 1.45 bits per heavy atom. The average Bonchev–Trinajstić information content (AvgIpc) is 2.91. The molecule has 2 fully saturated rings. The molecule has 7 nitrogen and oxygen atoms in total. The van der Waals surface area contributed by atoms with E-state index in [1.807, 2.05) is 4.90 Å². The van der Waals surface area contributed by atoms with Crippen LogP contribution in [0, 0.1) is 17.8 Å². The second kappa shape index (κ2) is 5.87. The summed E-state index contributed by atoms with van der Waals surface area (Å²) < 4.78 is 6.90. The number of rotatable bonds is 5. The standard InChI is InChI=1S/C15H25N5O2/c1-10(2)20-9-16-17-14(20)8-18(3)5-11-12-6-19(7-13(11)12)15(21)22-4/h9-13H,5-8H2,1-4H3/t11?,12-,13+. The van der Waals surface area contributed by atoms with Crippen molar-refractivity contribution in [1.82, 2.24) is 24.6 Å². The molecule has 2 heterocycles. The van der Waals surface area contributed by atoms with E-state index in [-0.39, 0.29) is 6.09 Å². The molecule has 1 aromatic heterocycles. The fourth-order valence-electron chi connectivity index (χ4n) is 3.68. The lowest BCUT2D eigenvalue weighted by atomic mass is 10.2. The topological polar surface area (TPSA) is 63.5 Å². The van der Waals surface area contributed by atoms with Crippen LogP contribution in [0.5, 0.6) is 0 Å². The number of likely N-dealkylation sites (tertiary alicyclic amines) is 1. The number of nitrogens with zero attached hydrogens (tertiary/aromatic N) is 5. The summed E-state index contributed by atoms with van der Waals surface area (Å²) in [7, 11) is 3.58. The fraction of sp³-hybridized carbons (Fsp3) is 0.800. The molecule has 0 spiro atoms. The predicted molar refractivity (Wildman–Crippen MR) is 81.2 cm³/mol. The number of hydrogen-bond acceptors (Lipinski definition) is 5. The summed E-state index contributed by atoms with van der Waals surface area (Å²) in [6, 6.07) is 0.382. The summed E-state index contributed by atoms with van der Waals surface area (Å²) >= 11 is 0. The van der Waals surface area contributed by atoms with Crippen molar-refractivity contribution in [3.05, 3.63) is 12.2 Å². The Kier molecular flexibility index (Phi) is 4.08. The Labute approximate surface area is 131 Å². The van der Waals surface area contributed by atoms with E-state index in [1.54, 1.807) is 6.33 Å². The van der Waals surface area contributed by atoms with Gasteiger partial charge in [-0.3, -0.25) is 4.90 Å². The first kappa shape index (κ1) is 15.3. The molecule has 0 N–H and O–H groups in total. The highest BCUT2D eigenvalue weighted by atomic mass is 16.5. The highest BCUT2D eigenvalue weighted by molar-refractivity contribution is 5.68. The number of fused-ring (bicyclic) bond motifs is 1. The van der Waals surface area contributed by atoms with Crippen LogP contribution in [0.25, 0.3) is 0 Å². The summed E-state index contributed by atoms with van der Waals surface area (Å²) in [5.41, 5.74) is 0. The van der Waals surface area contributed by atoms with E-state index in [0.717, 1.165) is 32.0 Å². The van der Waals surface area contributed by atoms with E-state index >= 15 is 0 Å². The summed E-state index contributed by atoms with van der Waals surface area (Å²) in [6.07, 6.45) is 1.61. The van der Waals surface area contributed by atoms with Crippen LogP contribution in [0.15, 0.2) is 6.33 Å². The van der Waals surface area contributed by atoms with Crippen molar-refractivity contribution >= 4 is 6.09 Å². The summed E-state index contributed by atoms with van der Waals surface area (Å²) in [5, 5.41) is 8.24. The Balaban J connectivity index is 1.48. The van der Waals surface area contributed by atoms with Gasteiger partial charge in [0.25, 0.3) is 0 Å². The van der Waals surface area contributed by atoms with Gasteiger partial charge in [0.2, 0.25) is 0 Å². The molecule has 1 aliphatic heterocycles. The summed E-state index contributed by atoms with van der Waals surface area (Å²) in [5.74, 6) is 3.00. The van der Waals surface area contributed by atoms with Crippen molar-refractivity contribution in [3.8, 4) is 0 Å². The van der Waals surface area contributed by atoms with Gasteiger partial charge in [0, 0.05) is 25.7 Å². The van der Waals surface area contributed by atoms with Crippen LogP contribution < -0.4 is 0 Å². The first-order valence-corrected chi connectivity index (χ1v) is 7.91. The van der Waals surface area contributed by atoms with E-state index in [1.165, 1.54) is 7.11 Å². The minimum Gasteiger partial charge on any atom is -0.453 e. The Hall–Kier alpha value is -1.63. The smallest absolute Gasteiger partial charge is 0.409 e. The van der Waals surface area contributed by atoms with Crippen LogP contribution in [-0.4, -0.2) is 64.4 Å². The van der Waals surface area contributed by atoms with E-state index < -0.39 is 0 Å². The number of methoxy groups -OCH3 is 1. The molecule has 122 valence electrons. The van der Waals surface area contributed by atoms with Crippen LogP contribution in [0.2, 0.25) is 0 Å². The number of carbonyl (C=O) groups excluding carboxylic acids is 1. The molecule has 1 amide bonds. The minimum atomic E-state index is -0.190. The number of amides is 1. The van der Waals surface area contributed by atoms with Crippen molar-refractivity contribution in [2.24, 2.45) is 17.8 Å². The molecule has 0 aromatic carbocycles. The zero-order valence-corrected chi connectivity index (χ0v) is 13.8. The van der Waals surface area contributed by atoms with Gasteiger partial charge in [-0.15, -0.1) is 10.2 Å². The van der Waals surface area contributed by atoms with E-state index in [9.17, 15) is 4.79 Å². The zero-order chi connectivity index (χ0) is 15.9. The second-order valence-corrected chi connectivity index (χ2v) is 6.81. The van der Waals surface area contributed by atoms with Gasteiger partial charge >= 0.3 is 6.09 Å². The Morgan fingerprint density at radius 2 is 2.14 bits per heavy atom. The molecule has 3 atom stereocenters. The molecule has 1 saturated carbocycles. The van der Waals surface area contributed by atoms with Crippen LogP contribution in [0.4, 0.5) is 4.79 Å². The summed E-state index contributed by atoms with van der Waals surface area (Å²) in [6.45, 7) is 7.83. The molecule has 1 aliphatic carbocycles. The van der Waals surface area contributed by atoms with Crippen LogP contribution in [0.3, 0.4) is 0 Å². The number of carbonyl (C=O) groups is 1. The maximum Gasteiger partial charge on any atom is 0.409 e. The molecule has 1 unspecified atom stereocenters. The molecule has 1 saturated heterocycles. The third-order valence-electron chi connectivity index (χ3n) is 4.94. The lowest BCUT2D eigenvalue weighted by Crippen LogP contribution is -2.33. The number of aromatic nitrogens is 3. The minimum absolute atomic E-state index is 0.190. The lowest BCUT2D eigenvalue weighted by molar-refractivity contribution is 0.125. The average molecular weight is 307 g/mol. The van der Waals surface area contributed by atoms with Gasteiger partial charge in [-0.25, -0.2) is 4.79 Å². The molecule has 0 bridgehead atoms. The van der Waals surface area contributed by atoms with Gasteiger partial charge in [-0.1, -0.05) is 0 Å². The largest absolute Gasteiger partial charge is 0.453 e. The van der Waals surface area contributed by atoms with Crippen LogP contribution in [-0.2, 0) is 11.3 Å². The molecular formula is C15H25N5O2. The quantitative estimate of drug-likeness (QED) is 0.819. The SMILES string of the molecule is COC(=O)N1C[C@@H]2C(CN(C)Cc3nncn3C(C)C)[C@@H]2C1. The highest BCUT2D eigenvalue weighted by Crippen LogP contribution is 2.52. The van der Waals surface area contributed by atoms with Gasteiger partial charge in [-0.2, -0.15) is 0 Å². The van der Waals surface area contributed by atoms with Crippen molar-refractivity contribution < 1.29 is 9.53 Å². The molecule has 7 heteroatoms. The van der Waals surface area contributed by atoms with Gasteiger partial charge in [0.15, 0.2) is 0 Å². The first-order chi connectivity index (χ1) is 10.5. The maximum atomic E-state index is 11.5. The Bertz CT molecular complexity index is 532. The van der Waals surface area contributed by atoms with Gasteiger partial charge < -0.3 is 14.2 Å². The maximum absolute atomic E-state index is 11.5. The lowest BCUT2D eigenvalue weighted by Gasteiger charge is -2.21.